The van der Waals surface area contributed by atoms with Crippen LogP contribution in [0.5, 0.6) is 0 Å². The minimum absolute atomic E-state index is 0.0454. The molecule has 5 nitrogen and oxygen atoms in total. The number of hydrogen-bond donors (Lipinski definition) is 2. The van der Waals surface area contributed by atoms with Crippen LogP contribution in [0.2, 0.25) is 0 Å². The van der Waals surface area contributed by atoms with Gasteiger partial charge in [0.15, 0.2) is 0 Å². The molecule has 0 unspecified atom stereocenters. The number of carboxylic acid groups (broad SMARTS) is 1. The van der Waals surface area contributed by atoms with E-state index in [2.05, 4.69) is 5.32 Å². The monoisotopic (exact) mass is 228 g/mol. The molecule has 0 aliphatic rings. The fraction of sp³-hybridized carbons (Fsp3) is 0.636. The van der Waals surface area contributed by atoms with Crippen molar-refractivity contribution < 1.29 is 14.7 Å². The van der Waals surface area contributed by atoms with Crippen molar-refractivity contribution in [3.63, 3.8) is 0 Å². The predicted octanol–water partition coefficient (Wildman–Crippen LogP) is 0.331. The average molecular weight is 228 g/mol. The molecule has 0 bridgehead atoms. The van der Waals surface area contributed by atoms with Crippen LogP contribution in [0, 0.1) is 5.41 Å². The second-order valence-electron chi connectivity index (χ2n) is 4.79. The van der Waals surface area contributed by atoms with Gasteiger partial charge in [-0.3, -0.25) is 4.79 Å². The first kappa shape index (κ1) is 14.6. The molecule has 0 rings (SSSR count). The topological polar surface area (TPSA) is 69.6 Å². The molecule has 0 fully saturated rings. The second-order valence-corrected chi connectivity index (χ2v) is 4.79. The average Bonchev–Trinajstić information content (AvgIpc) is 2.09. The number of carboxylic acids is 1. The highest BCUT2D eigenvalue weighted by Gasteiger charge is 2.19. The maximum Gasteiger partial charge on any atom is 0.328 e. The van der Waals surface area contributed by atoms with Crippen LogP contribution in [0.25, 0.3) is 0 Å². The van der Waals surface area contributed by atoms with Crippen molar-refractivity contribution in [1.29, 1.82) is 0 Å². The number of carbonyl (C=O) groups is 2. The first-order chi connectivity index (χ1) is 7.23. The van der Waals surface area contributed by atoms with Gasteiger partial charge in [-0.15, -0.1) is 0 Å². The highest BCUT2D eigenvalue weighted by atomic mass is 16.4. The van der Waals surface area contributed by atoms with Crippen molar-refractivity contribution in [2.45, 2.75) is 13.8 Å². The van der Waals surface area contributed by atoms with E-state index in [-0.39, 0.29) is 11.3 Å². The Kier molecular flexibility index (Phi) is 5.74. The third-order valence-corrected chi connectivity index (χ3v) is 1.86. The van der Waals surface area contributed by atoms with Crippen molar-refractivity contribution >= 4 is 11.9 Å². The van der Waals surface area contributed by atoms with E-state index in [4.69, 9.17) is 5.11 Å². The minimum atomic E-state index is -1.12. The van der Waals surface area contributed by atoms with Gasteiger partial charge in [0.2, 0.25) is 5.91 Å². The molecule has 1 amide bonds. The molecule has 16 heavy (non-hydrogen) atoms. The molecule has 0 heterocycles. The quantitative estimate of drug-likeness (QED) is 0.643. The fourth-order valence-electron chi connectivity index (χ4n) is 1.44. The third kappa shape index (κ3) is 7.99. The summed E-state index contributed by atoms with van der Waals surface area (Å²) in [5, 5.41) is 11.0. The van der Waals surface area contributed by atoms with E-state index in [0.29, 0.717) is 6.54 Å². The van der Waals surface area contributed by atoms with Gasteiger partial charge in [-0.1, -0.05) is 13.8 Å². The molecule has 0 aromatic rings. The van der Waals surface area contributed by atoms with E-state index in [1.807, 2.05) is 32.8 Å². The van der Waals surface area contributed by atoms with Crippen LogP contribution >= 0.6 is 0 Å². The van der Waals surface area contributed by atoms with Crippen LogP contribution in [0.4, 0.5) is 0 Å². The van der Waals surface area contributed by atoms with Gasteiger partial charge in [-0.2, -0.15) is 0 Å². The van der Waals surface area contributed by atoms with Crippen LogP contribution in [-0.4, -0.2) is 49.1 Å². The van der Waals surface area contributed by atoms with E-state index < -0.39 is 5.97 Å². The molecule has 0 saturated heterocycles. The SMILES string of the molecule is CN(C)CC(C)(C)CNC(=O)/C=C/C(=O)O. The highest BCUT2D eigenvalue weighted by molar-refractivity contribution is 5.93. The van der Waals surface area contributed by atoms with Gasteiger partial charge in [-0.05, 0) is 19.5 Å². The summed E-state index contributed by atoms with van der Waals surface area (Å²) in [7, 11) is 3.93. The Balaban J connectivity index is 4.04. The third-order valence-electron chi connectivity index (χ3n) is 1.86. The molecular weight excluding hydrogens is 208 g/mol. The Morgan fingerprint density at radius 3 is 2.31 bits per heavy atom. The van der Waals surface area contributed by atoms with Gasteiger partial charge in [0.05, 0.1) is 0 Å². The first-order valence-corrected chi connectivity index (χ1v) is 5.06. The van der Waals surface area contributed by atoms with Gasteiger partial charge in [0.1, 0.15) is 0 Å². The normalized spacial score (nSPS) is 12.1. The number of carbonyl (C=O) groups excluding carboxylic acids is 1. The van der Waals surface area contributed by atoms with Crippen molar-refractivity contribution in [2.75, 3.05) is 27.2 Å². The molecule has 0 radical (unpaired) electrons. The van der Waals surface area contributed by atoms with Crippen LogP contribution in [0.15, 0.2) is 12.2 Å². The second kappa shape index (κ2) is 6.27. The van der Waals surface area contributed by atoms with Crippen LogP contribution in [-0.2, 0) is 9.59 Å². The number of amides is 1. The van der Waals surface area contributed by atoms with Crippen LogP contribution < -0.4 is 5.32 Å². The number of aliphatic carboxylic acids is 1. The Bertz CT molecular complexity index is 283. The van der Waals surface area contributed by atoms with Crippen LogP contribution in [0.1, 0.15) is 13.8 Å². The molecule has 0 atom stereocenters. The van der Waals surface area contributed by atoms with Gasteiger partial charge >= 0.3 is 5.97 Å². The molecular formula is C11H20N2O3. The lowest BCUT2D eigenvalue weighted by Crippen LogP contribution is -2.39. The summed E-state index contributed by atoms with van der Waals surface area (Å²) < 4.78 is 0. The van der Waals surface area contributed by atoms with E-state index in [1.165, 1.54) is 0 Å². The number of nitrogens with zero attached hydrogens (tertiary/aromatic N) is 1. The lowest BCUT2D eigenvalue weighted by molar-refractivity contribution is -0.131. The zero-order valence-corrected chi connectivity index (χ0v) is 10.3. The number of rotatable bonds is 6. The summed E-state index contributed by atoms with van der Waals surface area (Å²) >= 11 is 0. The molecule has 0 saturated carbocycles. The molecule has 0 spiro atoms. The molecule has 0 aromatic carbocycles. The maximum atomic E-state index is 11.2. The lowest BCUT2D eigenvalue weighted by Gasteiger charge is -2.28. The largest absolute Gasteiger partial charge is 0.478 e. The maximum absolute atomic E-state index is 11.2. The summed E-state index contributed by atoms with van der Waals surface area (Å²) in [6.07, 6.45) is 1.85. The van der Waals surface area contributed by atoms with Crippen molar-refractivity contribution in [2.24, 2.45) is 5.41 Å². The summed E-state index contributed by atoms with van der Waals surface area (Å²) in [5.41, 5.74) is -0.0454. The van der Waals surface area contributed by atoms with E-state index in [9.17, 15) is 9.59 Å². The number of hydrogen-bond acceptors (Lipinski definition) is 3. The Morgan fingerprint density at radius 2 is 1.88 bits per heavy atom. The van der Waals surface area contributed by atoms with E-state index in [1.54, 1.807) is 0 Å². The zero-order chi connectivity index (χ0) is 12.8. The Labute approximate surface area is 96.1 Å². The lowest BCUT2D eigenvalue weighted by atomic mass is 9.93. The van der Waals surface area contributed by atoms with Crippen LogP contribution in [0.3, 0.4) is 0 Å². The van der Waals surface area contributed by atoms with Crippen molar-refractivity contribution in [3.05, 3.63) is 12.2 Å². The first-order valence-electron chi connectivity index (χ1n) is 5.06. The molecule has 0 aliphatic heterocycles. The molecule has 5 heteroatoms. The van der Waals surface area contributed by atoms with E-state index >= 15 is 0 Å². The fourth-order valence-corrected chi connectivity index (χ4v) is 1.44. The molecule has 0 aliphatic carbocycles. The molecule has 92 valence electrons. The molecule has 0 aromatic heterocycles. The van der Waals surface area contributed by atoms with E-state index in [0.717, 1.165) is 18.7 Å². The van der Waals surface area contributed by atoms with Gasteiger partial charge < -0.3 is 15.3 Å². The van der Waals surface area contributed by atoms with Gasteiger partial charge in [-0.25, -0.2) is 4.79 Å². The summed E-state index contributed by atoms with van der Waals surface area (Å²) in [6, 6.07) is 0. The Hall–Kier alpha value is -1.36. The standard InChI is InChI=1S/C11H20N2O3/c1-11(2,8-13(3)4)7-12-9(14)5-6-10(15)16/h5-6H,7-8H2,1-4H3,(H,12,14)(H,15,16)/b6-5+. The van der Waals surface area contributed by atoms with Gasteiger partial charge in [0.25, 0.3) is 0 Å². The summed E-state index contributed by atoms with van der Waals surface area (Å²) in [4.78, 5) is 23.4. The van der Waals surface area contributed by atoms with Gasteiger partial charge in [0, 0.05) is 25.2 Å². The van der Waals surface area contributed by atoms with Crippen molar-refractivity contribution in [1.82, 2.24) is 10.2 Å². The minimum Gasteiger partial charge on any atom is -0.478 e. The molecule has 2 N–H and O–H groups in total. The smallest absolute Gasteiger partial charge is 0.328 e. The highest BCUT2D eigenvalue weighted by Crippen LogP contribution is 2.13. The van der Waals surface area contributed by atoms with Crippen molar-refractivity contribution in [3.8, 4) is 0 Å². The zero-order valence-electron chi connectivity index (χ0n) is 10.3. The summed E-state index contributed by atoms with van der Waals surface area (Å²) in [5.74, 6) is -1.50. The summed E-state index contributed by atoms with van der Waals surface area (Å²) in [6.45, 7) is 5.42. The predicted molar refractivity (Wildman–Crippen MR) is 62.1 cm³/mol. The Morgan fingerprint density at radius 1 is 1.31 bits per heavy atom. The number of nitrogens with one attached hydrogen (secondary N) is 1.